The third kappa shape index (κ3) is 8.43. The van der Waals surface area contributed by atoms with Gasteiger partial charge in [0, 0.05) is 17.8 Å². The van der Waals surface area contributed by atoms with Crippen LogP contribution in [-0.4, -0.2) is 42.0 Å². The fraction of sp³-hybridized carbons (Fsp3) is 0.364. The zero-order valence-electron chi connectivity index (χ0n) is 18.3. The fourth-order valence-electron chi connectivity index (χ4n) is 3.60. The number of amides is 2. The van der Waals surface area contributed by atoms with Gasteiger partial charge in [0.25, 0.3) is 0 Å². The molecule has 1 aliphatic rings. The summed E-state index contributed by atoms with van der Waals surface area (Å²) >= 11 is 0. The van der Waals surface area contributed by atoms with Crippen molar-refractivity contribution in [1.82, 2.24) is 5.32 Å². The molecule has 0 aromatic heterocycles. The van der Waals surface area contributed by atoms with Crippen LogP contribution in [0, 0.1) is 0 Å². The second-order valence-corrected chi connectivity index (χ2v) is 7.78. The van der Waals surface area contributed by atoms with Crippen LogP contribution in [0.4, 0.5) is 36.8 Å². The standard InChI is InChI=1S/C22H20F6N2O6/c23-21(24,25)35-16-3-1-2-13(10-16)30-20(33)29-12-4-6-14(7-5-12)34-15-8-9-18(36-22(26,27)28)17(11-15)19(31)32/h1-3,8-12,14H,4-7H2,(H,31,32)(H2,29,30,33). The van der Waals surface area contributed by atoms with E-state index in [0.717, 1.165) is 24.3 Å². The summed E-state index contributed by atoms with van der Waals surface area (Å²) in [6.45, 7) is 0. The number of anilines is 1. The number of ether oxygens (including phenoxy) is 3. The van der Waals surface area contributed by atoms with E-state index in [4.69, 9.17) is 4.74 Å². The molecule has 0 radical (unpaired) electrons. The van der Waals surface area contributed by atoms with E-state index in [1.165, 1.54) is 18.2 Å². The molecule has 0 atom stereocenters. The summed E-state index contributed by atoms with van der Waals surface area (Å²) in [4.78, 5) is 23.5. The molecule has 0 saturated heterocycles. The van der Waals surface area contributed by atoms with Crippen LogP contribution in [0.15, 0.2) is 42.5 Å². The molecular formula is C22H20F6N2O6. The van der Waals surface area contributed by atoms with Crippen LogP contribution < -0.4 is 24.8 Å². The quantitative estimate of drug-likeness (QED) is 0.404. The zero-order chi connectivity index (χ0) is 26.5. The van der Waals surface area contributed by atoms with E-state index in [9.17, 15) is 41.0 Å². The van der Waals surface area contributed by atoms with Gasteiger partial charge in [-0.05, 0) is 56.0 Å². The minimum absolute atomic E-state index is 0.0528. The Bertz CT molecular complexity index is 1080. The number of alkyl halides is 6. The summed E-state index contributed by atoms with van der Waals surface area (Å²) in [6.07, 6.45) is -8.46. The van der Waals surface area contributed by atoms with E-state index in [1.807, 2.05) is 0 Å². The maximum Gasteiger partial charge on any atom is 0.573 e. The van der Waals surface area contributed by atoms with E-state index in [-0.39, 0.29) is 23.6 Å². The molecule has 1 saturated carbocycles. The Morgan fingerprint density at radius 3 is 2.14 bits per heavy atom. The highest BCUT2D eigenvalue weighted by Gasteiger charge is 2.33. The van der Waals surface area contributed by atoms with Crippen molar-refractivity contribution in [2.75, 3.05) is 5.32 Å². The van der Waals surface area contributed by atoms with Crippen LogP contribution >= 0.6 is 0 Å². The van der Waals surface area contributed by atoms with Gasteiger partial charge in [-0.25, -0.2) is 9.59 Å². The Morgan fingerprint density at radius 1 is 0.861 bits per heavy atom. The van der Waals surface area contributed by atoms with Crippen molar-refractivity contribution in [1.29, 1.82) is 0 Å². The normalized spacial score (nSPS) is 18.2. The lowest BCUT2D eigenvalue weighted by molar-refractivity contribution is -0.275. The number of nitrogens with one attached hydrogen (secondary N) is 2. The van der Waals surface area contributed by atoms with Gasteiger partial charge < -0.3 is 30.0 Å². The molecule has 196 valence electrons. The molecule has 1 aliphatic carbocycles. The number of halogens is 6. The first-order valence-electron chi connectivity index (χ1n) is 10.5. The van der Waals surface area contributed by atoms with Crippen molar-refractivity contribution in [3.63, 3.8) is 0 Å². The number of hydrogen-bond donors (Lipinski definition) is 3. The Morgan fingerprint density at radius 2 is 1.53 bits per heavy atom. The van der Waals surface area contributed by atoms with Gasteiger partial charge in [0.05, 0.1) is 6.10 Å². The van der Waals surface area contributed by atoms with Crippen LogP contribution in [0.5, 0.6) is 17.2 Å². The molecule has 8 nitrogen and oxygen atoms in total. The zero-order valence-corrected chi connectivity index (χ0v) is 18.3. The molecule has 14 heteroatoms. The van der Waals surface area contributed by atoms with Crippen LogP contribution in [-0.2, 0) is 0 Å². The average molecular weight is 522 g/mol. The highest BCUT2D eigenvalue weighted by molar-refractivity contribution is 5.91. The molecule has 0 bridgehead atoms. The summed E-state index contributed by atoms with van der Waals surface area (Å²) in [5, 5.41) is 14.3. The summed E-state index contributed by atoms with van der Waals surface area (Å²) in [7, 11) is 0. The SMILES string of the molecule is O=C(Nc1cccc(OC(F)(F)F)c1)NC1CCC(Oc2ccc(OC(F)(F)F)c(C(=O)O)c2)CC1. The van der Waals surface area contributed by atoms with Gasteiger partial charge >= 0.3 is 24.7 Å². The topological polar surface area (TPSA) is 106 Å². The number of benzene rings is 2. The number of carbonyl (C=O) groups excluding carboxylic acids is 1. The van der Waals surface area contributed by atoms with Crippen molar-refractivity contribution in [3.8, 4) is 17.2 Å². The van der Waals surface area contributed by atoms with E-state index >= 15 is 0 Å². The molecule has 3 rings (SSSR count). The molecular weight excluding hydrogens is 502 g/mol. The van der Waals surface area contributed by atoms with Crippen LogP contribution in [0.1, 0.15) is 36.0 Å². The first-order chi connectivity index (χ1) is 16.8. The Hall–Kier alpha value is -3.84. The number of rotatable bonds is 7. The van der Waals surface area contributed by atoms with Gasteiger partial charge in [-0.2, -0.15) is 0 Å². The minimum atomic E-state index is -5.05. The van der Waals surface area contributed by atoms with Gasteiger partial charge in [0.2, 0.25) is 0 Å². The largest absolute Gasteiger partial charge is 0.573 e. The van der Waals surface area contributed by atoms with Crippen molar-refractivity contribution in [2.24, 2.45) is 0 Å². The predicted molar refractivity (Wildman–Crippen MR) is 112 cm³/mol. The summed E-state index contributed by atoms with van der Waals surface area (Å²) in [5.41, 5.74) is -0.611. The lowest BCUT2D eigenvalue weighted by Crippen LogP contribution is -2.41. The van der Waals surface area contributed by atoms with Crippen molar-refractivity contribution >= 4 is 17.7 Å². The molecule has 0 aliphatic heterocycles. The Balaban J connectivity index is 1.50. The Kier molecular flexibility index (Phi) is 8.05. The number of carboxylic acid groups (broad SMARTS) is 1. The van der Waals surface area contributed by atoms with E-state index < -0.39 is 41.8 Å². The van der Waals surface area contributed by atoms with Crippen LogP contribution in [0.2, 0.25) is 0 Å². The van der Waals surface area contributed by atoms with E-state index in [0.29, 0.717) is 25.7 Å². The molecule has 36 heavy (non-hydrogen) atoms. The first-order valence-corrected chi connectivity index (χ1v) is 10.5. The molecule has 0 heterocycles. The van der Waals surface area contributed by atoms with Gasteiger partial charge in [0.15, 0.2) is 0 Å². The number of aromatic carboxylic acids is 1. The number of carboxylic acids is 1. The Labute approximate surface area is 200 Å². The van der Waals surface area contributed by atoms with Crippen LogP contribution in [0.25, 0.3) is 0 Å². The second-order valence-electron chi connectivity index (χ2n) is 7.78. The highest BCUT2D eigenvalue weighted by Crippen LogP contribution is 2.32. The molecule has 0 unspecified atom stereocenters. The maximum absolute atomic E-state index is 12.5. The van der Waals surface area contributed by atoms with Gasteiger partial charge in [-0.3, -0.25) is 0 Å². The summed E-state index contributed by atoms with van der Waals surface area (Å²) < 4.78 is 87.6. The third-order valence-corrected chi connectivity index (χ3v) is 5.04. The molecule has 2 amide bonds. The predicted octanol–water partition coefficient (Wildman–Crippen LogP) is 5.69. The monoisotopic (exact) mass is 522 g/mol. The average Bonchev–Trinajstić information content (AvgIpc) is 2.74. The summed E-state index contributed by atoms with van der Waals surface area (Å²) in [6, 6.07) is 6.87. The molecule has 0 spiro atoms. The number of carbonyl (C=O) groups is 2. The van der Waals surface area contributed by atoms with Gasteiger partial charge in [0.1, 0.15) is 22.8 Å². The lowest BCUT2D eigenvalue weighted by Gasteiger charge is -2.29. The van der Waals surface area contributed by atoms with Crippen molar-refractivity contribution in [3.05, 3.63) is 48.0 Å². The van der Waals surface area contributed by atoms with Crippen molar-refractivity contribution < 1.29 is 55.2 Å². The smallest absolute Gasteiger partial charge is 0.490 e. The minimum Gasteiger partial charge on any atom is -0.490 e. The van der Waals surface area contributed by atoms with E-state index in [2.05, 4.69) is 20.1 Å². The maximum atomic E-state index is 12.5. The number of urea groups is 1. The molecule has 2 aromatic rings. The number of hydrogen-bond acceptors (Lipinski definition) is 5. The molecule has 2 aromatic carbocycles. The third-order valence-electron chi connectivity index (χ3n) is 5.04. The highest BCUT2D eigenvalue weighted by atomic mass is 19.4. The fourth-order valence-corrected chi connectivity index (χ4v) is 3.60. The first kappa shape index (κ1) is 26.8. The molecule has 3 N–H and O–H groups in total. The van der Waals surface area contributed by atoms with Gasteiger partial charge in [-0.15, -0.1) is 26.3 Å². The lowest BCUT2D eigenvalue weighted by atomic mass is 9.93. The van der Waals surface area contributed by atoms with Crippen LogP contribution in [0.3, 0.4) is 0 Å². The van der Waals surface area contributed by atoms with Crippen molar-refractivity contribution in [2.45, 2.75) is 50.6 Å². The summed E-state index contributed by atoms with van der Waals surface area (Å²) in [5.74, 6) is -2.91. The second kappa shape index (κ2) is 10.8. The van der Waals surface area contributed by atoms with Gasteiger partial charge in [-0.1, -0.05) is 6.07 Å². The molecule has 1 fully saturated rings. The van der Waals surface area contributed by atoms with E-state index in [1.54, 1.807) is 0 Å².